The molecule has 1 aromatic heterocycles. The minimum absolute atomic E-state index is 0.0954. The molecule has 4 aromatic rings. The fraction of sp³-hybridized carbons (Fsp3) is 0.241. The Hall–Kier alpha value is -4.04. The molecule has 0 saturated heterocycles. The monoisotopic (exact) mass is 514 g/mol. The van der Waals surface area contributed by atoms with Gasteiger partial charge in [-0.15, -0.1) is 10.2 Å². The largest absolute Gasteiger partial charge is 0.497 e. The fourth-order valence-corrected chi connectivity index (χ4v) is 4.80. The lowest BCUT2D eigenvalue weighted by molar-refractivity contribution is -0.128. The molecule has 2 unspecified atom stereocenters. The van der Waals surface area contributed by atoms with E-state index < -0.39 is 12.0 Å². The first kappa shape index (κ1) is 26.0. The predicted octanol–water partition coefficient (Wildman–Crippen LogP) is 5.52. The molecule has 0 aliphatic carbocycles. The van der Waals surface area contributed by atoms with Gasteiger partial charge in [0.1, 0.15) is 16.8 Å². The molecule has 0 saturated carbocycles. The van der Waals surface area contributed by atoms with E-state index in [2.05, 4.69) is 20.8 Å². The van der Waals surface area contributed by atoms with Crippen LogP contribution in [0.2, 0.25) is 0 Å². The van der Waals surface area contributed by atoms with Crippen molar-refractivity contribution in [3.63, 3.8) is 0 Å². The first-order chi connectivity index (χ1) is 18.0. The fourth-order valence-electron chi connectivity index (χ4n) is 4.05. The summed E-state index contributed by atoms with van der Waals surface area (Å²) in [6.07, 6.45) is 0.713. The molecule has 2 N–H and O–H groups in total. The smallest absolute Gasteiger partial charge is 0.249 e. The number of carbonyl (C=O) groups excluding carboxylic acids is 2. The third-order valence-electron chi connectivity index (χ3n) is 6.29. The van der Waals surface area contributed by atoms with Gasteiger partial charge in [0, 0.05) is 5.56 Å². The maximum atomic E-state index is 13.7. The molecule has 8 heteroatoms. The van der Waals surface area contributed by atoms with Crippen LogP contribution >= 0.6 is 11.3 Å². The summed E-state index contributed by atoms with van der Waals surface area (Å²) in [6.45, 7) is 3.95. The molecule has 0 aliphatic heterocycles. The highest BCUT2D eigenvalue weighted by molar-refractivity contribution is 7.18. The van der Waals surface area contributed by atoms with Crippen LogP contribution in [0.1, 0.15) is 37.3 Å². The van der Waals surface area contributed by atoms with E-state index in [1.165, 1.54) is 11.3 Å². The van der Waals surface area contributed by atoms with Crippen molar-refractivity contribution in [1.29, 1.82) is 0 Å². The van der Waals surface area contributed by atoms with Crippen molar-refractivity contribution in [3.8, 4) is 16.3 Å². The van der Waals surface area contributed by atoms with E-state index in [4.69, 9.17) is 4.74 Å². The van der Waals surface area contributed by atoms with Crippen LogP contribution < -0.4 is 15.4 Å². The number of amides is 2. The maximum absolute atomic E-state index is 13.7. The van der Waals surface area contributed by atoms with Crippen LogP contribution in [0.5, 0.6) is 5.75 Å². The van der Waals surface area contributed by atoms with E-state index in [1.807, 2.05) is 98.8 Å². The van der Waals surface area contributed by atoms with E-state index in [9.17, 15) is 9.59 Å². The zero-order valence-electron chi connectivity index (χ0n) is 21.0. The average Bonchev–Trinajstić information content (AvgIpc) is 3.41. The van der Waals surface area contributed by atoms with Crippen molar-refractivity contribution in [2.75, 3.05) is 12.4 Å². The van der Waals surface area contributed by atoms with Gasteiger partial charge in [-0.2, -0.15) is 0 Å². The lowest BCUT2D eigenvalue weighted by Gasteiger charge is -2.26. The van der Waals surface area contributed by atoms with Crippen LogP contribution in [-0.4, -0.2) is 35.2 Å². The SMILES string of the molecule is CCC(C)C(NC(=O)C(c1ccccc1)c1ccccc1)C(=O)Nc1nnc(-c2cccc(OC)c2)s1. The van der Waals surface area contributed by atoms with Gasteiger partial charge >= 0.3 is 0 Å². The molecular formula is C29H30N4O3S. The minimum Gasteiger partial charge on any atom is -0.497 e. The Morgan fingerprint density at radius 3 is 2.14 bits per heavy atom. The molecule has 4 rings (SSSR count). The summed E-state index contributed by atoms with van der Waals surface area (Å²) in [5.74, 6) is -0.475. The number of nitrogens with zero attached hydrogens (tertiary/aromatic N) is 2. The number of hydrogen-bond donors (Lipinski definition) is 2. The molecule has 2 atom stereocenters. The third kappa shape index (κ3) is 6.40. The molecule has 0 bridgehead atoms. The normalized spacial score (nSPS) is 12.5. The second kappa shape index (κ2) is 12.3. The van der Waals surface area contributed by atoms with Crippen LogP contribution in [0.15, 0.2) is 84.9 Å². The molecule has 190 valence electrons. The van der Waals surface area contributed by atoms with Crippen molar-refractivity contribution in [3.05, 3.63) is 96.1 Å². The summed E-state index contributed by atoms with van der Waals surface area (Å²) < 4.78 is 5.28. The van der Waals surface area contributed by atoms with Gasteiger partial charge in [-0.1, -0.05) is 104 Å². The molecule has 7 nitrogen and oxygen atoms in total. The summed E-state index contributed by atoms with van der Waals surface area (Å²) in [5, 5.41) is 15.3. The molecule has 3 aromatic carbocycles. The summed E-state index contributed by atoms with van der Waals surface area (Å²) in [7, 11) is 1.61. The van der Waals surface area contributed by atoms with Crippen LogP contribution in [0.3, 0.4) is 0 Å². The quantitative estimate of drug-likeness (QED) is 0.291. The highest BCUT2D eigenvalue weighted by Gasteiger charge is 2.31. The van der Waals surface area contributed by atoms with Crippen LogP contribution in [0, 0.1) is 5.92 Å². The first-order valence-corrected chi connectivity index (χ1v) is 13.0. The van der Waals surface area contributed by atoms with Crippen molar-refractivity contribution < 1.29 is 14.3 Å². The Balaban J connectivity index is 1.54. The standard InChI is InChI=1S/C29H30N4O3S/c1-4-19(2)25(27(35)31-29-33-32-28(37-29)22-16-11-17-23(18-22)36-3)30-26(34)24(20-12-7-5-8-13-20)21-14-9-6-10-15-21/h5-19,24-25H,4H2,1-3H3,(H,30,34)(H,31,33,35). The van der Waals surface area contributed by atoms with Gasteiger partial charge < -0.3 is 10.1 Å². The van der Waals surface area contributed by atoms with Gasteiger partial charge in [0.15, 0.2) is 0 Å². The number of carbonyl (C=O) groups is 2. The second-order valence-corrected chi connectivity index (χ2v) is 9.74. The zero-order chi connectivity index (χ0) is 26.2. The Labute approximate surface area is 220 Å². The van der Waals surface area contributed by atoms with Crippen LogP contribution in [0.4, 0.5) is 5.13 Å². The summed E-state index contributed by atoms with van der Waals surface area (Å²) in [5.41, 5.74) is 2.57. The van der Waals surface area contributed by atoms with E-state index in [0.29, 0.717) is 22.3 Å². The molecule has 37 heavy (non-hydrogen) atoms. The van der Waals surface area contributed by atoms with E-state index >= 15 is 0 Å². The van der Waals surface area contributed by atoms with Crippen LogP contribution in [0.25, 0.3) is 10.6 Å². The molecule has 0 spiro atoms. The number of benzene rings is 3. The van der Waals surface area contributed by atoms with E-state index in [-0.39, 0.29) is 17.7 Å². The van der Waals surface area contributed by atoms with Gasteiger partial charge in [-0.25, -0.2) is 0 Å². The van der Waals surface area contributed by atoms with Crippen molar-refractivity contribution in [2.24, 2.45) is 5.92 Å². The number of nitrogens with one attached hydrogen (secondary N) is 2. The number of anilines is 1. The first-order valence-electron chi connectivity index (χ1n) is 12.2. The van der Waals surface area contributed by atoms with Crippen molar-refractivity contribution in [2.45, 2.75) is 32.2 Å². The molecule has 1 heterocycles. The molecule has 0 fully saturated rings. The summed E-state index contributed by atoms with van der Waals surface area (Å²) in [6, 6.07) is 25.9. The Morgan fingerprint density at radius 1 is 0.892 bits per heavy atom. The number of rotatable bonds is 10. The molecule has 2 amide bonds. The lowest BCUT2D eigenvalue weighted by atomic mass is 9.89. The number of methoxy groups -OCH3 is 1. The maximum Gasteiger partial charge on any atom is 0.249 e. The number of hydrogen-bond acceptors (Lipinski definition) is 6. The van der Waals surface area contributed by atoms with Gasteiger partial charge in [-0.3, -0.25) is 14.9 Å². The van der Waals surface area contributed by atoms with Crippen molar-refractivity contribution >= 4 is 28.3 Å². The average molecular weight is 515 g/mol. The number of ether oxygens (including phenoxy) is 1. The van der Waals surface area contributed by atoms with Gasteiger partial charge in [0.2, 0.25) is 16.9 Å². The van der Waals surface area contributed by atoms with Gasteiger partial charge in [-0.05, 0) is 29.2 Å². The Kier molecular flexibility index (Phi) is 8.64. The van der Waals surface area contributed by atoms with Gasteiger partial charge in [0.05, 0.1) is 13.0 Å². The molecule has 0 aliphatic rings. The molecule has 0 radical (unpaired) electrons. The Morgan fingerprint density at radius 2 is 1.54 bits per heavy atom. The van der Waals surface area contributed by atoms with E-state index in [1.54, 1.807) is 7.11 Å². The highest BCUT2D eigenvalue weighted by Crippen LogP contribution is 2.29. The van der Waals surface area contributed by atoms with Gasteiger partial charge in [0.25, 0.3) is 0 Å². The molecular weight excluding hydrogens is 484 g/mol. The highest BCUT2D eigenvalue weighted by atomic mass is 32.1. The third-order valence-corrected chi connectivity index (χ3v) is 7.18. The minimum atomic E-state index is -0.739. The number of aromatic nitrogens is 2. The lowest BCUT2D eigenvalue weighted by Crippen LogP contribution is -2.49. The predicted molar refractivity (Wildman–Crippen MR) is 147 cm³/mol. The van der Waals surface area contributed by atoms with E-state index in [0.717, 1.165) is 16.7 Å². The summed E-state index contributed by atoms with van der Waals surface area (Å²) >= 11 is 1.27. The van der Waals surface area contributed by atoms with Crippen molar-refractivity contribution in [1.82, 2.24) is 15.5 Å². The zero-order valence-corrected chi connectivity index (χ0v) is 21.9. The topological polar surface area (TPSA) is 93.2 Å². The second-order valence-electron chi connectivity index (χ2n) is 8.76. The Bertz CT molecular complexity index is 1290. The van der Waals surface area contributed by atoms with Crippen LogP contribution in [-0.2, 0) is 9.59 Å². The summed E-state index contributed by atoms with van der Waals surface area (Å²) in [4.78, 5) is 27.0.